The molecule has 2 saturated heterocycles. The van der Waals surface area contributed by atoms with Crippen LogP contribution in [0.15, 0.2) is 12.3 Å². The van der Waals surface area contributed by atoms with E-state index < -0.39 is 0 Å². The second-order valence-corrected chi connectivity index (χ2v) is 7.50. The van der Waals surface area contributed by atoms with Crippen LogP contribution in [-0.2, 0) is 9.59 Å². The molecule has 1 atom stereocenters. The summed E-state index contributed by atoms with van der Waals surface area (Å²) < 4.78 is 0. The van der Waals surface area contributed by atoms with Gasteiger partial charge in [-0.15, -0.1) is 0 Å². The second-order valence-electron chi connectivity index (χ2n) is 7.50. The van der Waals surface area contributed by atoms with Crippen LogP contribution in [0.25, 0.3) is 0 Å². The van der Waals surface area contributed by atoms with Crippen LogP contribution in [0.3, 0.4) is 0 Å². The third-order valence-corrected chi connectivity index (χ3v) is 5.68. The molecule has 3 heterocycles. The lowest BCUT2D eigenvalue weighted by Gasteiger charge is -2.38. The number of aliphatic hydroxyl groups excluding tert-OH is 1. The zero-order valence-corrected chi connectivity index (χ0v) is 16.1. The van der Waals surface area contributed by atoms with E-state index in [9.17, 15) is 9.90 Å². The number of hydrogen-bond donors (Lipinski definition) is 2. The van der Waals surface area contributed by atoms with Gasteiger partial charge in [0.2, 0.25) is 11.9 Å². The van der Waals surface area contributed by atoms with E-state index in [4.69, 9.17) is 14.9 Å². The Morgan fingerprint density at radius 3 is 2.39 bits per heavy atom. The number of hydrogen-bond acceptors (Lipinski definition) is 7. The minimum absolute atomic E-state index is 0.250. The molecular weight excluding hydrogens is 362 g/mol. The molecule has 9 nitrogen and oxygen atoms in total. The van der Waals surface area contributed by atoms with Gasteiger partial charge in [-0.1, -0.05) is 6.42 Å². The third-order valence-electron chi connectivity index (χ3n) is 5.68. The molecule has 3 aliphatic rings. The predicted octanol–water partition coefficient (Wildman–Crippen LogP) is 0.587. The number of piperidine rings is 1. The van der Waals surface area contributed by atoms with Crippen molar-refractivity contribution >= 4 is 24.1 Å². The summed E-state index contributed by atoms with van der Waals surface area (Å²) in [5, 5.41) is 16.8. The van der Waals surface area contributed by atoms with Crippen molar-refractivity contribution < 1.29 is 19.8 Å². The number of nitrogens with zero attached hydrogens (tertiary/aromatic N) is 5. The molecule has 0 aromatic carbocycles. The first-order chi connectivity index (χ1) is 13.6. The highest BCUT2D eigenvalue weighted by atomic mass is 16.3. The Labute approximate surface area is 165 Å². The molecular formula is C19H29N5O4. The number of anilines is 2. The molecule has 3 fully saturated rings. The lowest BCUT2D eigenvalue weighted by Crippen LogP contribution is -2.51. The lowest BCUT2D eigenvalue weighted by atomic mass is 9.84. The monoisotopic (exact) mass is 391 g/mol. The number of carbonyl (C=O) groups is 2. The van der Waals surface area contributed by atoms with Gasteiger partial charge in [-0.3, -0.25) is 9.59 Å². The molecule has 1 aliphatic carbocycles. The smallest absolute Gasteiger partial charge is 0.290 e. The molecule has 2 aliphatic heterocycles. The Bertz CT molecular complexity index is 661. The molecule has 4 rings (SSSR count). The van der Waals surface area contributed by atoms with Gasteiger partial charge in [0.1, 0.15) is 5.82 Å². The number of carboxylic acid groups (broad SMARTS) is 1. The van der Waals surface area contributed by atoms with E-state index in [1.807, 2.05) is 11.0 Å². The van der Waals surface area contributed by atoms with Crippen molar-refractivity contribution in [3.05, 3.63) is 12.3 Å². The van der Waals surface area contributed by atoms with Gasteiger partial charge in [0, 0.05) is 51.4 Å². The Balaban J connectivity index is 0.000000706. The van der Waals surface area contributed by atoms with Crippen molar-refractivity contribution in [3.8, 4) is 0 Å². The molecule has 1 aromatic heterocycles. The molecule has 0 bridgehead atoms. The standard InChI is InChI=1S/C18H27N5O2.CH2O2/c24-15-5-2-8-23(13-15)16-6-7-19-18(20-16)22-11-9-21(10-12-22)17(25)14-3-1-4-14;2-1-3/h6-7,14-15,24H,1-5,8-13H2;1H,(H,2,3). The molecule has 0 radical (unpaired) electrons. The summed E-state index contributed by atoms with van der Waals surface area (Å²) in [6, 6.07) is 1.91. The number of aliphatic hydroxyl groups is 1. The van der Waals surface area contributed by atoms with E-state index in [1.54, 1.807) is 6.20 Å². The Hall–Kier alpha value is -2.42. The van der Waals surface area contributed by atoms with Crippen molar-refractivity contribution in [2.75, 3.05) is 49.1 Å². The number of carbonyl (C=O) groups excluding carboxylic acids is 1. The third kappa shape index (κ3) is 4.89. The zero-order valence-electron chi connectivity index (χ0n) is 16.1. The summed E-state index contributed by atoms with van der Waals surface area (Å²) in [5.74, 6) is 2.23. The van der Waals surface area contributed by atoms with Crippen molar-refractivity contribution in [2.24, 2.45) is 5.92 Å². The van der Waals surface area contributed by atoms with Crippen LogP contribution in [0.2, 0.25) is 0 Å². The minimum atomic E-state index is -0.270. The highest BCUT2D eigenvalue weighted by molar-refractivity contribution is 5.79. The summed E-state index contributed by atoms with van der Waals surface area (Å²) in [4.78, 5) is 36.2. The van der Waals surface area contributed by atoms with Crippen LogP contribution in [-0.4, -0.2) is 82.8 Å². The Kier molecular flexibility index (Phi) is 7.02. The molecule has 2 N–H and O–H groups in total. The molecule has 1 amide bonds. The van der Waals surface area contributed by atoms with Crippen LogP contribution in [0, 0.1) is 5.92 Å². The second kappa shape index (κ2) is 9.68. The average Bonchev–Trinajstić information content (AvgIpc) is 2.67. The molecule has 1 saturated carbocycles. The van der Waals surface area contributed by atoms with E-state index in [-0.39, 0.29) is 18.5 Å². The van der Waals surface area contributed by atoms with E-state index in [0.29, 0.717) is 12.5 Å². The fraction of sp³-hybridized carbons (Fsp3) is 0.684. The van der Waals surface area contributed by atoms with Gasteiger partial charge >= 0.3 is 0 Å². The summed E-state index contributed by atoms with van der Waals surface area (Å²) in [6.45, 7) is 4.39. The number of piperazine rings is 1. The number of aromatic nitrogens is 2. The van der Waals surface area contributed by atoms with Gasteiger partial charge < -0.3 is 24.9 Å². The van der Waals surface area contributed by atoms with Gasteiger partial charge in [0.15, 0.2) is 0 Å². The first kappa shape index (κ1) is 20.3. The summed E-state index contributed by atoms with van der Waals surface area (Å²) in [5.41, 5.74) is 0. The van der Waals surface area contributed by atoms with Crippen molar-refractivity contribution in [2.45, 2.75) is 38.2 Å². The molecule has 154 valence electrons. The first-order valence-corrected chi connectivity index (χ1v) is 10.00. The van der Waals surface area contributed by atoms with Gasteiger partial charge in [0.25, 0.3) is 6.47 Å². The maximum Gasteiger partial charge on any atom is 0.290 e. The van der Waals surface area contributed by atoms with Crippen molar-refractivity contribution in [3.63, 3.8) is 0 Å². The summed E-state index contributed by atoms with van der Waals surface area (Å²) in [6.07, 6.45) is 6.70. The van der Waals surface area contributed by atoms with Crippen LogP contribution < -0.4 is 9.80 Å². The van der Waals surface area contributed by atoms with Gasteiger partial charge in [-0.2, -0.15) is 4.98 Å². The molecule has 1 unspecified atom stereocenters. The molecule has 1 aromatic rings. The van der Waals surface area contributed by atoms with Crippen LogP contribution in [0.4, 0.5) is 11.8 Å². The van der Waals surface area contributed by atoms with Crippen molar-refractivity contribution in [1.29, 1.82) is 0 Å². The fourth-order valence-corrected chi connectivity index (χ4v) is 3.87. The highest BCUT2D eigenvalue weighted by Crippen LogP contribution is 2.29. The summed E-state index contributed by atoms with van der Waals surface area (Å²) >= 11 is 0. The largest absolute Gasteiger partial charge is 0.483 e. The maximum absolute atomic E-state index is 12.4. The Morgan fingerprint density at radius 2 is 1.79 bits per heavy atom. The van der Waals surface area contributed by atoms with E-state index in [2.05, 4.69) is 14.8 Å². The average molecular weight is 391 g/mol. The predicted molar refractivity (Wildman–Crippen MR) is 104 cm³/mol. The van der Waals surface area contributed by atoms with E-state index in [1.165, 1.54) is 6.42 Å². The van der Waals surface area contributed by atoms with E-state index >= 15 is 0 Å². The number of rotatable bonds is 3. The first-order valence-electron chi connectivity index (χ1n) is 10.00. The topological polar surface area (TPSA) is 110 Å². The van der Waals surface area contributed by atoms with Gasteiger partial charge in [0.05, 0.1) is 6.10 Å². The Morgan fingerprint density at radius 1 is 1.07 bits per heavy atom. The minimum Gasteiger partial charge on any atom is -0.483 e. The number of β-amino-alcohol motifs (C(OH)–C–C–N with tert-alkyl or cyclic N) is 1. The van der Waals surface area contributed by atoms with Crippen LogP contribution >= 0.6 is 0 Å². The molecule has 9 heteroatoms. The van der Waals surface area contributed by atoms with Crippen LogP contribution in [0.5, 0.6) is 0 Å². The zero-order chi connectivity index (χ0) is 19.9. The SMILES string of the molecule is O=C(C1CCC1)N1CCN(c2nccc(N3CCCC(O)C3)n2)CC1.O=CO. The molecule has 0 spiro atoms. The summed E-state index contributed by atoms with van der Waals surface area (Å²) in [7, 11) is 0. The van der Waals surface area contributed by atoms with Gasteiger partial charge in [-0.25, -0.2) is 4.98 Å². The molecule has 28 heavy (non-hydrogen) atoms. The lowest BCUT2D eigenvalue weighted by molar-refractivity contribution is -0.138. The normalized spacial score (nSPS) is 22.8. The highest BCUT2D eigenvalue weighted by Gasteiger charge is 2.31. The number of amides is 1. The van der Waals surface area contributed by atoms with E-state index in [0.717, 1.165) is 70.2 Å². The quantitative estimate of drug-likeness (QED) is 0.721. The van der Waals surface area contributed by atoms with Crippen molar-refractivity contribution in [1.82, 2.24) is 14.9 Å². The van der Waals surface area contributed by atoms with Gasteiger partial charge in [-0.05, 0) is 31.7 Å². The maximum atomic E-state index is 12.4. The van der Waals surface area contributed by atoms with Crippen LogP contribution in [0.1, 0.15) is 32.1 Å². The fourth-order valence-electron chi connectivity index (χ4n) is 3.87.